The Kier molecular flexibility index (Phi) is 2.64. The van der Waals surface area contributed by atoms with E-state index in [-0.39, 0.29) is 6.79 Å². The van der Waals surface area contributed by atoms with E-state index in [9.17, 15) is 4.79 Å². The van der Waals surface area contributed by atoms with Crippen LogP contribution in [-0.4, -0.2) is 17.9 Å². The third-order valence-electron chi connectivity index (χ3n) is 1.92. The summed E-state index contributed by atoms with van der Waals surface area (Å²) in [6.45, 7) is 0.166. The van der Waals surface area contributed by atoms with Gasteiger partial charge in [-0.3, -0.25) is 0 Å². The van der Waals surface area contributed by atoms with Gasteiger partial charge in [-0.1, -0.05) is 15.9 Å². The van der Waals surface area contributed by atoms with Crippen LogP contribution in [0.25, 0.3) is 6.08 Å². The van der Waals surface area contributed by atoms with E-state index in [0.717, 1.165) is 10.5 Å². The minimum atomic E-state index is -1.00. The number of fused-ring (bicyclic) bond motifs is 1. The zero-order valence-electron chi connectivity index (χ0n) is 7.57. The first-order valence-electron chi connectivity index (χ1n) is 4.17. The first-order chi connectivity index (χ1) is 7.18. The molecule has 1 aliphatic rings. The molecule has 0 radical (unpaired) electrons. The van der Waals surface area contributed by atoms with Crippen LogP contribution in [0.4, 0.5) is 0 Å². The molecule has 0 atom stereocenters. The molecular weight excluding hydrogens is 264 g/mol. The molecule has 78 valence electrons. The first-order valence-corrected chi connectivity index (χ1v) is 4.97. The Hall–Kier alpha value is -1.49. The Morgan fingerprint density at radius 3 is 3.00 bits per heavy atom. The van der Waals surface area contributed by atoms with Gasteiger partial charge in [-0.25, -0.2) is 4.79 Å². The largest absolute Gasteiger partial charge is 0.478 e. The maximum Gasteiger partial charge on any atom is 0.328 e. The Morgan fingerprint density at radius 2 is 2.27 bits per heavy atom. The summed E-state index contributed by atoms with van der Waals surface area (Å²) in [6, 6.07) is 3.56. The van der Waals surface area contributed by atoms with Gasteiger partial charge in [-0.15, -0.1) is 0 Å². The fraction of sp³-hybridized carbons (Fsp3) is 0.100. The van der Waals surface area contributed by atoms with Gasteiger partial charge in [-0.2, -0.15) is 0 Å². The summed E-state index contributed by atoms with van der Waals surface area (Å²) in [7, 11) is 0. The molecule has 15 heavy (non-hydrogen) atoms. The van der Waals surface area contributed by atoms with Gasteiger partial charge in [0.1, 0.15) is 0 Å². The fourth-order valence-corrected chi connectivity index (χ4v) is 1.72. The summed E-state index contributed by atoms with van der Waals surface area (Å²) in [6.07, 6.45) is 2.53. The average molecular weight is 271 g/mol. The van der Waals surface area contributed by atoms with Gasteiger partial charge in [0.25, 0.3) is 0 Å². The van der Waals surface area contributed by atoms with Crippen molar-refractivity contribution in [3.63, 3.8) is 0 Å². The minimum absolute atomic E-state index is 0.166. The molecule has 0 saturated heterocycles. The van der Waals surface area contributed by atoms with E-state index in [0.29, 0.717) is 17.1 Å². The van der Waals surface area contributed by atoms with E-state index in [1.807, 2.05) is 0 Å². The molecule has 0 unspecified atom stereocenters. The predicted molar refractivity (Wildman–Crippen MR) is 56.9 cm³/mol. The number of carbonyl (C=O) groups is 1. The van der Waals surface area contributed by atoms with Crippen molar-refractivity contribution in [2.75, 3.05) is 6.79 Å². The Morgan fingerprint density at radius 1 is 1.47 bits per heavy atom. The summed E-state index contributed by atoms with van der Waals surface area (Å²) in [5.74, 6) is 0.198. The molecule has 0 spiro atoms. The zero-order chi connectivity index (χ0) is 10.8. The van der Waals surface area contributed by atoms with Gasteiger partial charge >= 0.3 is 5.97 Å². The van der Waals surface area contributed by atoms with Crippen molar-refractivity contribution in [2.24, 2.45) is 0 Å². The van der Waals surface area contributed by atoms with Crippen LogP contribution in [0.2, 0.25) is 0 Å². The zero-order valence-corrected chi connectivity index (χ0v) is 9.15. The number of rotatable bonds is 2. The van der Waals surface area contributed by atoms with Crippen LogP contribution in [0.3, 0.4) is 0 Å². The van der Waals surface area contributed by atoms with E-state index in [1.165, 1.54) is 6.08 Å². The van der Waals surface area contributed by atoms with E-state index >= 15 is 0 Å². The van der Waals surface area contributed by atoms with Crippen molar-refractivity contribution < 1.29 is 19.4 Å². The lowest BCUT2D eigenvalue weighted by Crippen LogP contribution is -1.94. The summed E-state index contributed by atoms with van der Waals surface area (Å²) >= 11 is 3.32. The van der Waals surface area contributed by atoms with Crippen molar-refractivity contribution in [3.05, 3.63) is 28.2 Å². The number of benzene rings is 1. The first kappa shape index (κ1) is 10.0. The Labute approximate surface area is 94.2 Å². The lowest BCUT2D eigenvalue weighted by atomic mass is 10.1. The number of ether oxygens (including phenoxy) is 2. The molecule has 1 aromatic carbocycles. The van der Waals surface area contributed by atoms with E-state index in [4.69, 9.17) is 14.6 Å². The van der Waals surface area contributed by atoms with Crippen molar-refractivity contribution in [2.45, 2.75) is 0 Å². The van der Waals surface area contributed by atoms with Crippen molar-refractivity contribution in [3.8, 4) is 11.5 Å². The molecule has 1 aromatic rings. The maximum absolute atomic E-state index is 10.4. The standard InChI is InChI=1S/C10H7BrO4/c11-7-2-3-8-10(15-5-14-8)6(7)1-4-9(12)13/h1-4H,5H2,(H,12,13)/b4-1+. The minimum Gasteiger partial charge on any atom is -0.478 e. The highest BCUT2D eigenvalue weighted by Gasteiger charge is 2.18. The van der Waals surface area contributed by atoms with Crippen LogP contribution < -0.4 is 9.47 Å². The van der Waals surface area contributed by atoms with Crippen LogP contribution in [-0.2, 0) is 4.79 Å². The highest BCUT2D eigenvalue weighted by molar-refractivity contribution is 9.10. The smallest absolute Gasteiger partial charge is 0.328 e. The van der Waals surface area contributed by atoms with Gasteiger partial charge in [-0.05, 0) is 18.2 Å². The molecule has 0 saturated carbocycles. The van der Waals surface area contributed by atoms with Gasteiger partial charge in [0, 0.05) is 16.1 Å². The molecule has 2 rings (SSSR count). The summed E-state index contributed by atoms with van der Waals surface area (Å²) < 4.78 is 11.2. The SMILES string of the molecule is O=C(O)/C=C/c1c(Br)ccc2c1OCO2. The molecule has 0 aromatic heterocycles. The van der Waals surface area contributed by atoms with Gasteiger partial charge in [0.15, 0.2) is 11.5 Å². The molecule has 5 heteroatoms. The predicted octanol–water partition coefficient (Wildman–Crippen LogP) is 2.28. The lowest BCUT2D eigenvalue weighted by Gasteiger charge is -2.02. The third-order valence-corrected chi connectivity index (χ3v) is 2.61. The highest BCUT2D eigenvalue weighted by Crippen LogP contribution is 2.40. The quantitative estimate of drug-likeness (QED) is 0.838. The van der Waals surface area contributed by atoms with Crippen LogP contribution >= 0.6 is 15.9 Å². The third kappa shape index (κ3) is 1.97. The summed E-state index contributed by atoms with van der Waals surface area (Å²) in [4.78, 5) is 10.4. The maximum atomic E-state index is 10.4. The van der Waals surface area contributed by atoms with Gasteiger partial charge in [0.2, 0.25) is 6.79 Å². The van der Waals surface area contributed by atoms with Gasteiger partial charge in [0.05, 0.1) is 0 Å². The summed E-state index contributed by atoms with van der Waals surface area (Å²) in [5.41, 5.74) is 0.674. The van der Waals surface area contributed by atoms with Crippen LogP contribution in [0, 0.1) is 0 Å². The molecular formula is C10H7BrO4. The topological polar surface area (TPSA) is 55.8 Å². The monoisotopic (exact) mass is 270 g/mol. The van der Waals surface area contributed by atoms with Crippen molar-refractivity contribution >= 4 is 28.0 Å². The van der Waals surface area contributed by atoms with E-state index < -0.39 is 5.97 Å². The molecule has 0 bridgehead atoms. The van der Waals surface area contributed by atoms with Crippen molar-refractivity contribution in [1.82, 2.24) is 0 Å². The normalized spacial score (nSPS) is 13.4. The average Bonchev–Trinajstić information content (AvgIpc) is 2.63. The molecule has 1 heterocycles. The Balaban J connectivity index is 2.45. The molecule has 1 N–H and O–H groups in total. The Bertz CT molecular complexity index is 439. The van der Waals surface area contributed by atoms with Crippen LogP contribution in [0.1, 0.15) is 5.56 Å². The number of hydrogen-bond acceptors (Lipinski definition) is 3. The van der Waals surface area contributed by atoms with Crippen molar-refractivity contribution in [1.29, 1.82) is 0 Å². The van der Waals surface area contributed by atoms with Crippen LogP contribution in [0.15, 0.2) is 22.7 Å². The van der Waals surface area contributed by atoms with Crippen LogP contribution in [0.5, 0.6) is 11.5 Å². The molecule has 0 amide bonds. The summed E-state index contributed by atoms with van der Waals surface area (Å²) in [5, 5.41) is 8.54. The highest BCUT2D eigenvalue weighted by atomic mass is 79.9. The van der Waals surface area contributed by atoms with Gasteiger partial charge < -0.3 is 14.6 Å². The number of carboxylic acids is 1. The second kappa shape index (κ2) is 3.94. The molecule has 0 fully saturated rings. The second-order valence-electron chi connectivity index (χ2n) is 2.87. The second-order valence-corrected chi connectivity index (χ2v) is 3.72. The fourth-order valence-electron chi connectivity index (χ4n) is 1.28. The molecule has 4 nitrogen and oxygen atoms in total. The van der Waals surface area contributed by atoms with E-state index in [1.54, 1.807) is 12.1 Å². The van der Waals surface area contributed by atoms with E-state index in [2.05, 4.69) is 15.9 Å². The molecule has 1 aliphatic heterocycles. The molecule has 0 aliphatic carbocycles. The number of aliphatic carboxylic acids is 1. The number of carboxylic acid groups (broad SMARTS) is 1. The number of hydrogen-bond donors (Lipinski definition) is 1. The lowest BCUT2D eigenvalue weighted by molar-refractivity contribution is -0.131. The number of halogens is 1.